The van der Waals surface area contributed by atoms with Gasteiger partial charge in [0.1, 0.15) is 5.78 Å². The van der Waals surface area contributed by atoms with E-state index in [4.69, 9.17) is 9.26 Å². The van der Waals surface area contributed by atoms with E-state index in [-0.39, 0.29) is 35.1 Å². The Morgan fingerprint density at radius 2 is 1.89 bits per heavy atom. The molecule has 1 aliphatic carbocycles. The van der Waals surface area contributed by atoms with E-state index in [2.05, 4.69) is 21.1 Å². The number of carbonyl (C=O) groups excluding carboxylic acids is 2. The maximum Gasteiger partial charge on any atom is 0.324 e. The highest BCUT2D eigenvalue weighted by Gasteiger charge is 2.29. The van der Waals surface area contributed by atoms with E-state index in [9.17, 15) is 14.0 Å². The molecule has 1 atom stereocenters. The minimum Gasteiger partial charge on any atom is -0.490 e. The van der Waals surface area contributed by atoms with Crippen LogP contribution in [-0.2, 0) is 9.59 Å². The molecular weight excluding hydrogens is 487 g/mol. The number of aromatic nitrogens is 2. The summed E-state index contributed by atoms with van der Waals surface area (Å²) >= 11 is 0. The van der Waals surface area contributed by atoms with Crippen LogP contribution in [0.5, 0.6) is 5.75 Å². The molecule has 0 bridgehead atoms. The molecule has 204 valence electrons. The van der Waals surface area contributed by atoms with Gasteiger partial charge in [0.2, 0.25) is 5.91 Å². The Kier molecular flexibility index (Phi) is 8.09. The lowest BCUT2D eigenvalue weighted by atomic mass is 9.85. The molecule has 1 unspecified atom stereocenters. The predicted molar refractivity (Wildman–Crippen MR) is 141 cm³/mol. The normalized spacial score (nSPS) is 21.1. The highest BCUT2D eigenvalue weighted by molar-refractivity contribution is 5.85. The summed E-state index contributed by atoms with van der Waals surface area (Å²) in [6, 6.07) is 5.75. The van der Waals surface area contributed by atoms with Gasteiger partial charge >= 0.3 is 6.01 Å². The first kappa shape index (κ1) is 26.4. The van der Waals surface area contributed by atoms with Crippen molar-refractivity contribution >= 4 is 23.3 Å². The maximum atomic E-state index is 14.9. The fraction of sp³-hybridized carbons (Fsp3) is 0.586. The van der Waals surface area contributed by atoms with Crippen LogP contribution in [0.2, 0.25) is 0 Å². The second-order valence-corrected chi connectivity index (χ2v) is 11.0. The number of halogens is 1. The lowest BCUT2D eigenvalue weighted by Crippen LogP contribution is -2.42. The van der Waals surface area contributed by atoms with E-state index in [1.54, 1.807) is 12.1 Å². The van der Waals surface area contributed by atoms with Gasteiger partial charge in [0.15, 0.2) is 17.4 Å². The Bertz CT molecular complexity index is 1170. The van der Waals surface area contributed by atoms with Gasteiger partial charge in [-0.1, -0.05) is 31.1 Å². The van der Waals surface area contributed by atoms with Gasteiger partial charge in [0.05, 0.1) is 6.61 Å². The van der Waals surface area contributed by atoms with Gasteiger partial charge in [-0.15, -0.1) is 0 Å². The number of piperidine rings is 2. The van der Waals surface area contributed by atoms with Crippen LogP contribution in [0.25, 0.3) is 5.57 Å². The van der Waals surface area contributed by atoms with Crippen molar-refractivity contribution < 1.29 is 23.2 Å². The molecule has 0 radical (unpaired) electrons. The molecule has 38 heavy (non-hydrogen) atoms. The number of allylic oxidation sites excluding steroid dienone is 2. The number of hydrogen-bond acceptors (Lipinski definition) is 7. The zero-order valence-electron chi connectivity index (χ0n) is 22.3. The van der Waals surface area contributed by atoms with Crippen molar-refractivity contribution in [3.8, 4) is 5.75 Å². The summed E-state index contributed by atoms with van der Waals surface area (Å²) in [6.45, 7) is 7.24. The zero-order chi connectivity index (χ0) is 26.6. The minimum absolute atomic E-state index is 0.0529. The zero-order valence-corrected chi connectivity index (χ0v) is 22.3. The number of anilines is 1. The van der Waals surface area contributed by atoms with Crippen molar-refractivity contribution in [3.63, 3.8) is 0 Å². The van der Waals surface area contributed by atoms with Crippen molar-refractivity contribution in [3.05, 3.63) is 41.5 Å². The molecule has 0 saturated carbocycles. The van der Waals surface area contributed by atoms with Crippen molar-refractivity contribution in [2.75, 3.05) is 37.7 Å². The summed E-state index contributed by atoms with van der Waals surface area (Å²) in [5.74, 6) is 1.54. The van der Waals surface area contributed by atoms with Gasteiger partial charge < -0.3 is 19.1 Å². The smallest absolute Gasteiger partial charge is 0.324 e. The Morgan fingerprint density at radius 3 is 2.53 bits per heavy atom. The first-order chi connectivity index (χ1) is 18.4. The topological polar surface area (TPSA) is 88.8 Å². The number of carbonyl (C=O) groups is 2. The highest BCUT2D eigenvalue weighted by atomic mass is 19.1. The molecule has 3 heterocycles. The molecule has 1 aromatic carbocycles. The molecule has 2 saturated heterocycles. The molecule has 1 amide bonds. The summed E-state index contributed by atoms with van der Waals surface area (Å²) in [5.41, 5.74) is 1.92. The Hall–Kier alpha value is -3.23. The molecule has 3 aliphatic rings. The van der Waals surface area contributed by atoms with Crippen LogP contribution in [0.1, 0.15) is 76.1 Å². The fourth-order valence-electron chi connectivity index (χ4n) is 5.46. The van der Waals surface area contributed by atoms with Crippen LogP contribution in [0.15, 0.2) is 28.8 Å². The summed E-state index contributed by atoms with van der Waals surface area (Å²) in [6.07, 6.45) is 6.96. The third-order valence-corrected chi connectivity index (χ3v) is 8.00. The summed E-state index contributed by atoms with van der Waals surface area (Å²) in [5, 5.41) is 4.04. The van der Waals surface area contributed by atoms with Gasteiger partial charge in [-0.2, -0.15) is 4.98 Å². The van der Waals surface area contributed by atoms with Crippen LogP contribution in [-0.4, -0.2) is 59.5 Å². The number of amides is 1. The molecule has 2 aliphatic heterocycles. The lowest BCUT2D eigenvalue weighted by Gasteiger charge is -2.31. The Morgan fingerprint density at radius 1 is 1.13 bits per heavy atom. The lowest BCUT2D eigenvalue weighted by molar-refractivity contribution is -0.138. The second-order valence-electron chi connectivity index (χ2n) is 11.0. The van der Waals surface area contributed by atoms with Gasteiger partial charge in [0, 0.05) is 50.9 Å². The molecule has 9 heteroatoms. The van der Waals surface area contributed by atoms with Crippen LogP contribution < -0.4 is 9.64 Å². The fourth-order valence-corrected chi connectivity index (χ4v) is 5.46. The minimum atomic E-state index is -0.357. The van der Waals surface area contributed by atoms with E-state index in [1.165, 1.54) is 0 Å². The van der Waals surface area contributed by atoms with E-state index < -0.39 is 0 Å². The highest BCUT2D eigenvalue weighted by Crippen LogP contribution is 2.33. The van der Waals surface area contributed by atoms with Crippen LogP contribution >= 0.6 is 0 Å². The van der Waals surface area contributed by atoms with Crippen molar-refractivity contribution in [1.82, 2.24) is 15.0 Å². The Balaban J connectivity index is 1.09. The van der Waals surface area contributed by atoms with Crippen LogP contribution in [0.3, 0.4) is 0 Å². The van der Waals surface area contributed by atoms with Gasteiger partial charge in [-0.25, -0.2) is 4.39 Å². The number of hydrogen-bond donors (Lipinski definition) is 0. The number of ketones is 1. The summed E-state index contributed by atoms with van der Waals surface area (Å²) < 4.78 is 26.2. The number of ether oxygens (including phenoxy) is 1. The van der Waals surface area contributed by atoms with E-state index in [1.807, 2.05) is 24.8 Å². The Labute approximate surface area is 223 Å². The number of nitrogens with zero attached hydrogens (tertiary/aromatic N) is 4. The van der Waals surface area contributed by atoms with Crippen LogP contribution in [0.4, 0.5) is 10.4 Å². The quantitative estimate of drug-likeness (QED) is 0.503. The van der Waals surface area contributed by atoms with Crippen molar-refractivity contribution in [1.29, 1.82) is 0 Å². The largest absolute Gasteiger partial charge is 0.490 e. The number of likely N-dealkylation sites (tertiary alicyclic amines) is 1. The number of rotatable bonds is 7. The third-order valence-electron chi connectivity index (χ3n) is 8.00. The molecular formula is C29H37FN4O4. The first-order valence-corrected chi connectivity index (χ1v) is 13.9. The van der Waals surface area contributed by atoms with E-state index in [0.29, 0.717) is 50.9 Å². The van der Waals surface area contributed by atoms with Gasteiger partial charge in [-0.3, -0.25) is 9.59 Å². The third kappa shape index (κ3) is 6.08. The SMILES string of the molecule is CC(C)c1noc(N2CCC(COc3ccc(C4=CCC(C(=O)N5CCC(=O)CC5)CC4)cc3F)CC2)n1. The average molecular weight is 525 g/mol. The molecule has 0 spiro atoms. The maximum absolute atomic E-state index is 14.9. The molecule has 5 rings (SSSR count). The first-order valence-electron chi connectivity index (χ1n) is 13.9. The second kappa shape index (κ2) is 11.7. The van der Waals surface area contributed by atoms with Crippen molar-refractivity contribution in [2.24, 2.45) is 11.8 Å². The number of benzene rings is 1. The molecule has 8 nitrogen and oxygen atoms in total. The summed E-state index contributed by atoms with van der Waals surface area (Å²) in [4.78, 5) is 32.7. The van der Waals surface area contributed by atoms with Gasteiger partial charge in [-0.05, 0) is 61.3 Å². The molecule has 2 fully saturated rings. The molecule has 2 aromatic rings. The average Bonchev–Trinajstić information content (AvgIpc) is 3.44. The van der Waals surface area contributed by atoms with Gasteiger partial charge in [0.25, 0.3) is 0 Å². The predicted octanol–water partition coefficient (Wildman–Crippen LogP) is 5.00. The van der Waals surface area contributed by atoms with Crippen molar-refractivity contribution in [2.45, 2.75) is 64.7 Å². The number of Topliss-reactive ketones (excluding diaryl/α,β-unsaturated/α-hetero) is 1. The molecule has 1 aromatic heterocycles. The van der Waals surface area contributed by atoms with E-state index >= 15 is 0 Å². The van der Waals surface area contributed by atoms with E-state index in [0.717, 1.165) is 55.7 Å². The monoisotopic (exact) mass is 524 g/mol. The standard InChI is InChI=1S/C29H37FN4O4/c1-19(2)27-31-29(38-32-27)34-13-9-20(10-14-34)18-37-26-8-7-23(17-25(26)30)21-3-5-22(6-4-21)28(36)33-15-11-24(35)12-16-33/h3,7-8,17,19-20,22H,4-6,9-16,18H2,1-2H3. The van der Waals surface area contributed by atoms with Crippen LogP contribution in [0, 0.1) is 17.7 Å². The molecule has 0 N–H and O–H groups in total. The summed E-state index contributed by atoms with van der Waals surface area (Å²) in [7, 11) is 0.